The van der Waals surface area contributed by atoms with Crippen molar-refractivity contribution >= 4 is 23.5 Å². The number of rotatable bonds is 4. The molecule has 2 rings (SSSR count). The number of aliphatic imine (C=N–C) groups is 1. The fourth-order valence-corrected chi connectivity index (χ4v) is 2.32. The smallest absolute Gasteiger partial charge is 0.250 e. The molecule has 0 bridgehead atoms. The molecule has 1 N–H and O–H groups in total. The summed E-state index contributed by atoms with van der Waals surface area (Å²) >= 11 is 1.69. The van der Waals surface area contributed by atoms with E-state index in [1.807, 2.05) is 25.1 Å². The Morgan fingerprint density at radius 2 is 2.12 bits per heavy atom. The molecule has 16 heavy (non-hydrogen) atoms. The molecule has 1 amide bonds. The van der Waals surface area contributed by atoms with E-state index in [0.29, 0.717) is 0 Å². The average Bonchev–Trinajstić information content (AvgIpc) is 2.69. The molecule has 0 saturated carbocycles. The zero-order valence-electron chi connectivity index (χ0n) is 9.14. The Morgan fingerprint density at radius 3 is 2.75 bits per heavy atom. The predicted molar refractivity (Wildman–Crippen MR) is 66.8 cm³/mol. The summed E-state index contributed by atoms with van der Waals surface area (Å²) < 4.78 is 0. The Kier molecular flexibility index (Phi) is 3.62. The van der Waals surface area contributed by atoms with E-state index in [1.54, 1.807) is 11.8 Å². The SMILES string of the molecule is CCC1N=C(CSc2ccccc2)NC1=O. The largest absolute Gasteiger partial charge is 0.312 e. The van der Waals surface area contributed by atoms with Crippen LogP contribution in [0.15, 0.2) is 40.2 Å². The molecule has 1 unspecified atom stereocenters. The van der Waals surface area contributed by atoms with Gasteiger partial charge in [-0.2, -0.15) is 0 Å². The maximum Gasteiger partial charge on any atom is 0.250 e. The van der Waals surface area contributed by atoms with Crippen molar-refractivity contribution in [2.24, 2.45) is 4.99 Å². The molecule has 84 valence electrons. The molecular formula is C12H14N2OS. The highest BCUT2D eigenvalue weighted by atomic mass is 32.2. The minimum absolute atomic E-state index is 0.0335. The number of amides is 1. The molecule has 0 aliphatic carbocycles. The Hall–Kier alpha value is -1.29. The summed E-state index contributed by atoms with van der Waals surface area (Å²) in [7, 11) is 0. The summed E-state index contributed by atoms with van der Waals surface area (Å²) in [5.41, 5.74) is 0. The van der Waals surface area contributed by atoms with Crippen molar-refractivity contribution in [2.75, 3.05) is 5.75 Å². The van der Waals surface area contributed by atoms with Gasteiger partial charge in [-0.3, -0.25) is 9.79 Å². The number of hydrogen-bond acceptors (Lipinski definition) is 3. The second kappa shape index (κ2) is 5.16. The fourth-order valence-electron chi connectivity index (χ4n) is 1.52. The van der Waals surface area contributed by atoms with Gasteiger partial charge in [0, 0.05) is 4.90 Å². The van der Waals surface area contributed by atoms with Gasteiger partial charge >= 0.3 is 0 Å². The van der Waals surface area contributed by atoms with Gasteiger partial charge in [-0.05, 0) is 18.6 Å². The summed E-state index contributed by atoms with van der Waals surface area (Å²) in [4.78, 5) is 16.9. The van der Waals surface area contributed by atoms with E-state index in [0.717, 1.165) is 18.0 Å². The lowest BCUT2D eigenvalue weighted by atomic mass is 10.2. The van der Waals surface area contributed by atoms with E-state index in [2.05, 4.69) is 22.4 Å². The maximum absolute atomic E-state index is 11.4. The van der Waals surface area contributed by atoms with Crippen molar-refractivity contribution in [3.63, 3.8) is 0 Å². The summed E-state index contributed by atoms with van der Waals surface area (Å²) in [6.45, 7) is 1.97. The first-order valence-corrected chi connectivity index (χ1v) is 6.33. The molecule has 0 fully saturated rings. The third kappa shape index (κ3) is 2.64. The maximum atomic E-state index is 11.4. The van der Waals surface area contributed by atoms with Gasteiger partial charge < -0.3 is 5.32 Å². The highest BCUT2D eigenvalue weighted by Gasteiger charge is 2.23. The molecule has 1 aliphatic heterocycles. The summed E-state index contributed by atoms with van der Waals surface area (Å²) in [6, 6.07) is 9.94. The lowest BCUT2D eigenvalue weighted by molar-refractivity contribution is -0.120. The minimum Gasteiger partial charge on any atom is -0.312 e. The second-order valence-corrected chi connectivity index (χ2v) is 4.64. The van der Waals surface area contributed by atoms with Gasteiger partial charge in [0.25, 0.3) is 0 Å². The van der Waals surface area contributed by atoms with E-state index in [4.69, 9.17) is 0 Å². The summed E-state index contributed by atoms with van der Waals surface area (Å²) in [6.07, 6.45) is 0.769. The molecule has 1 aromatic carbocycles. The zero-order valence-corrected chi connectivity index (χ0v) is 9.96. The van der Waals surface area contributed by atoms with Crippen molar-refractivity contribution < 1.29 is 4.79 Å². The third-order valence-corrected chi connectivity index (χ3v) is 3.41. The highest BCUT2D eigenvalue weighted by Crippen LogP contribution is 2.18. The number of carbonyl (C=O) groups excluding carboxylic acids is 1. The van der Waals surface area contributed by atoms with Crippen LogP contribution in [0.1, 0.15) is 13.3 Å². The molecule has 1 aromatic rings. The van der Waals surface area contributed by atoms with Gasteiger partial charge in [0.2, 0.25) is 5.91 Å². The monoisotopic (exact) mass is 234 g/mol. The number of nitrogens with one attached hydrogen (secondary N) is 1. The number of nitrogens with zero attached hydrogens (tertiary/aromatic N) is 1. The predicted octanol–water partition coefficient (Wildman–Crippen LogP) is 2.09. The second-order valence-electron chi connectivity index (χ2n) is 3.59. The molecule has 3 nitrogen and oxygen atoms in total. The normalized spacial score (nSPS) is 19.4. The van der Waals surface area contributed by atoms with Crippen LogP contribution in [-0.2, 0) is 4.79 Å². The first kappa shape index (κ1) is 11.2. The lowest BCUT2D eigenvalue weighted by Crippen LogP contribution is -2.29. The van der Waals surface area contributed by atoms with Crippen molar-refractivity contribution in [1.82, 2.24) is 5.32 Å². The van der Waals surface area contributed by atoms with Crippen LogP contribution in [0.3, 0.4) is 0 Å². The van der Waals surface area contributed by atoms with Crippen LogP contribution < -0.4 is 5.32 Å². The Balaban J connectivity index is 1.90. The van der Waals surface area contributed by atoms with E-state index >= 15 is 0 Å². The van der Waals surface area contributed by atoms with Crippen LogP contribution in [0, 0.1) is 0 Å². The van der Waals surface area contributed by atoms with Crippen LogP contribution in [0.2, 0.25) is 0 Å². The van der Waals surface area contributed by atoms with Crippen molar-refractivity contribution in [2.45, 2.75) is 24.3 Å². The molecule has 0 spiro atoms. The van der Waals surface area contributed by atoms with Gasteiger partial charge in [0.05, 0.1) is 5.75 Å². The fraction of sp³-hybridized carbons (Fsp3) is 0.333. The summed E-state index contributed by atoms with van der Waals surface area (Å²) in [5, 5.41) is 2.82. The standard InChI is InChI=1S/C12H14N2OS/c1-2-10-12(15)14-11(13-10)8-16-9-6-4-3-5-7-9/h3-7,10H,2,8H2,1H3,(H,13,14,15). The van der Waals surface area contributed by atoms with Crippen LogP contribution >= 0.6 is 11.8 Å². The molecule has 0 aromatic heterocycles. The summed E-state index contributed by atoms with van der Waals surface area (Å²) in [5.74, 6) is 1.56. The van der Waals surface area contributed by atoms with E-state index in [1.165, 1.54) is 4.90 Å². The zero-order chi connectivity index (χ0) is 11.4. The van der Waals surface area contributed by atoms with E-state index in [-0.39, 0.29) is 11.9 Å². The van der Waals surface area contributed by atoms with Crippen LogP contribution in [-0.4, -0.2) is 23.5 Å². The van der Waals surface area contributed by atoms with Gasteiger partial charge in [-0.25, -0.2) is 0 Å². The van der Waals surface area contributed by atoms with E-state index in [9.17, 15) is 4.79 Å². The molecule has 0 saturated heterocycles. The average molecular weight is 234 g/mol. The Labute approximate surface area is 99.3 Å². The number of amidine groups is 1. The number of carbonyl (C=O) groups is 1. The molecule has 4 heteroatoms. The molecule has 1 atom stereocenters. The third-order valence-electron chi connectivity index (χ3n) is 2.39. The number of benzene rings is 1. The number of hydrogen-bond donors (Lipinski definition) is 1. The first-order chi connectivity index (χ1) is 7.79. The minimum atomic E-state index is -0.175. The van der Waals surface area contributed by atoms with Crippen molar-refractivity contribution in [1.29, 1.82) is 0 Å². The lowest BCUT2D eigenvalue weighted by Gasteiger charge is -2.00. The number of thioether (sulfide) groups is 1. The topological polar surface area (TPSA) is 41.5 Å². The quantitative estimate of drug-likeness (QED) is 0.810. The van der Waals surface area contributed by atoms with Crippen LogP contribution in [0.5, 0.6) is 0 Å². The molecule has 1 aliphatic rings. The Bertz CT molecular complexity index is 403. The van der Waals surface area contributed by atoms with Gasteiger partial charge in [0.15, 0.2) is 0 Å². The molecular weight excluding hydrogens is 220 g/mol. The van der Waals surface area contributed by atoms with Crippen molar-refractivity contribution in [3.05, 3.63) is 30.3 Å². The van der Waals surface area contributed by atoms with Gasteiger partial charge in [0.1, 0.15) is 11.9 Å². The molecule has 0 radical (unpaired) electrons. The van der Waals surface area contributed by atoms with Gasteiger partial charge in [-0.15, -0.1) is 11.8 Å². The highest BCUT2D eigenvalue weighted by molar-refractivity contribution is 8.00. The Morgan fingerprint density at radius 1 is 1.38 bits per heavy atom. The molecule has 1 heterocycles. The van der Waals surface area contributed by atoms with Crippen molar-refractivity contribution in [3.8, 4) is 0 Å². The first-order valence-electron chi connectivity index (χ1n) is 5.35. The van der Waals surface area contributed by atoms with Crippen LogP contribution in [0.25, 0.3) is 0 Å². The van der Waals surface area contributed by atoms with Crippen LogP contribution in [0.4, 0.5) is 0 Å². The van der Waals surface area contributed by atoms with Gasteiger partial charge in [-0.1, -0.05) is 25.1 Å². The van der Waals surface area contributed by atoms with E-state index < -0.39 is 0 Å².